The molecule has 2 aromatic carbocycles. The molecule has 0 bridgehead atoms. The van der Waals surface area contributed by atoms with E-state index < -0.39 is 9.73 Å². The third kappa shape index (κ3) is 3.20. The molecule has 0 aliphatic heterocycles. The van der Waals surface area contributed by atoms with Crippen molar-refractivity contribution in [3.63, 3.8) is 0 Å². The van der Waals surface area contributed by atoms with Gasteiger partial charge in [0.15, 0.2) is 0 Å². The lowest BCUT2D eigenvalue weighted by Gasteiger charge is -2.10. The molecule has 0 spiro atoms. The molecule has 2 aromatic rings. The van der Waals surface area contributed by atoms with E-state index in [0.29, 0.717) is 4.90 Å². The minimum absolute atomic E-state index is 0.575. The molecule has 0 radical (unpaired) electrons. The maximum Gasteiger partial charge on any atom is 0.0696 e. The Hall–Kier alpha value is -1.81. The second kappa shape index (κ2) is 5.29. The van der Waals surface area contributed by atoms with E-state index in [1.165, 1.54) is 17.4 Å². The number of anilines is 1. The zero-order valence-corrected chi connectivity index (χ0v) is 12.9. The molecule has 0 saturated heterocycles. The summed E-state index contributed by atoms with van der Waals surface area (Å²) in [7, 11) is -2.63. The highest BCUT2D eigenvalue weighted by atomic mass is 32.2. The smallest absolute Gasteiger partial charge is 0.0696 e. The Morgan fingerprint density at radius 2 is 1.70 bits per heavy atom. The van der Waals surface area contributed by atoms with Crippen molar-refractivity contribution in [1.29, 1.82) is 4.78 Å². The first-order valence-corrected chi connectivity index (χ1v) is 8.42. The van der Waals surface area contributed by atoms with Crippen LogP contribution >= 0.6 is 0 Å². The number of nitrogens with one attached hydrogen (secondary N) is 1. The van der Waals surface area contributed by atoms with Gasteiger partial charge in [0.2, 0.25) is 0 Å². The van der Waals surface area contributed by atoms with Crippen LogP contribution in [0.3, 0.4) is 0 Å². The van der Waals surface area contributed by atoms with Crippen LogP contribution in [-0.2, 0) is 16.1 Å². The van der Waals surface area contributed by atoms with Crippen LogP contribution in [-0.4, -0.2) is 10.5 Å². The molecule has 3 N–H and O–H groups in total. The summed E-state index contributed by atoms with van der Waals surface area (Å²) in [6.07, 6.45) is 2.26. The first-order chi connectivity index (χ1) is 9.27. The van der Waals surface area contributed by atoms with E-state index in [1.807, 2.05) is 25.1 Å². The van der Waals surface area contributed by atoms with Gasteiger partial charge in [0, 0.05) is 16.8 Å². The van der Waals surface area contributed by atoms with Gasteiger partial charge in [-0.3, -0.25) is 0 Å². The Kier molecular flexibility index (Phi) is 3.86. The lowest BCUT2D eigenvalue weighted by molar-refractivity contribution is 0.679. The molecule has 1 atom stereocenters. The van der Waals surface area contributed by atoms with Crippen molar-refractivity contribution in [3.05, 3.63) is 58.7 Å². The SMILES string of the molecule is Cc1cc(Cc2ccc(S(C)(=N)=O)cc2)c(C)cc1N. The van der Waals surface area contributed by atoms with E-state index in [-0.39, 0.29) is 0 Å². The van der Waals surface area contributed by atoms with E-state index in [9.17, 15) is 4.21 Å². The summed E-state index contributed by atoms with van der Waals surface area (Å²) in [6.45, 7) is 4.07. The standard InChI is InChI=1S/C16H20N2OS/c1-11-9-16(17)12(2)8-14(11)10-13-4-6-15(7-5-13)20(3,18)19/h4-9,18H,10,17H2,1-3H3. The van der Waals surface area contributed by atoms with Crippen LogP contribution in [0.25, 0.3) is 0 Å². The van der Waals surface area contributed by atoms with Gasteiger partial charge >= 0.3 is 0 Å². The van der Waals surface area contributed by atoms with Gasteiger partial charge in [-0.15, -0.1) is 0 Å². The minimum Gasteiger partial charge on any atom is -0.399 e. The van der Waals surface area contributed by atoms with Crippen LogP contribution in [0, 0.1) is 18.6 Å². The summed E-state index contributed by atoms with van der Waals surface area (Å²) in [5.41, 5.74) is 11.4. The number of rotatable bonds is 3. The molecule has 106 valence electrons. The quantitative estimate of drug-likeness (QED) is 0.849. The number of nitrogen functional groups attached to an aromatic ring is 1. The normalized spacial score (nSPS) is 13.9. The Morgan fingerprint density at radius 1 is 1.10 bits per heavy atom. The molecule has 2 rings (SSSR count). The molecule has 0 aromatic heterocycles. The van der Waals surface area contributed by atoms with Crippen molar-refractivity contribution >= 4 is 15.4 Å². The van der Waals surface area contributed by atoms with E-state index in [2.05, 4.69) is 13.0 Å². The van der Waals surface area contributed by atoms with Crippen molar-refractivity contribution in [3.8, 4) is 0 Å². The summed E-state index contributed by atoms with van der Waals surface area (Å²) in [5, 5.41) is 0. The van der Waals surface area contributed by atoms with E-state index >= 15 is 0 Å². The van der Waals surface area contributed by atoms with Gasteiger partial charge in [0.1, 0.15) is 0 Å². The summed E-state index contributed by atoms with van der Waals surface area (Å²) in [5.74, 6) is 0. The maximum atomic E-state index is 11.6. The zero-order valence-electron chi connectivity index (χ0n) is 12.1. The van der Waals surface area contributed by atoms with Gasteiger partial charge in [-0.2, -0.15) is 0 Å². The highest BCUT2D eigenvalue weighted by Gasteiger charge is 2.06. The Morgan fingerprint density at radius 3 is 2.25 bits per heavy atom. The monoisotopic (exact) mass is 288 g/mol. The topological polar surface area (TPSA) is 66.9 Å². The van der Waals surface area contributed by atoms with E-state index in [4.69, 9.17) is 10.5 Å². The summed E-state index contributed by atoms with van der Waals surface area (Å²) in [4.78, 5) is 0.575. The lowest BCUT2D eigenvalue weighted by atomic mass is 9.98. The van der Waals surface area contributed by atoms with E-state index in [1.54, 1.807) is 12.1 Å². The van der Waals surface area contributed by atoms with Gasteiger partial charge in [-0.25, -0.2) is 8.99 Å². The van der Waals surface area contributed by atoms with Crippen molar-refractivity contribution in [2.45, 2.75) is 25.2 Å². The molecule has 0 aliphatic rings. The van der Waals surface area contributed by atoms with Crippen molar-refractivity contribution in [2.75, 3.05) is 12.0 Å². The summed E-state index contributed by atoms with van der Waals surface area (Å²) >= 11 is 0. The van der Waals surface area contributed by atoms with Crippen molar-refractivity contribution in [2.24, 2.45) is 0 Å². The average Bonchev–Trinajstić information content (AvgIpc) is 2.35. The fraction of sp³-hybridized carbons (Fsp3) is 0.250. The van der Waals surface area contributed by atoms with Gasteiger partial charge < -0.3 is 5.73 Å². The van der Waals surface area contributed by atoms with Crippen LogP contribution in [0.1, 0.15) is 22.3 Å². The predicted octanol–water partition coefficient (Wildman–Crippen LogP) is 3.51. The molecule has 0 fully saturated rings. The first kappa shape index (κ1) is 14.6. The van der Waals surface area contributed by atoms with Gasteiger partial charge in [0.25, 0.3) is 0 Å². The van der Waals surface area contributed by atoms with Crippen molar-refractivity contribution < 1.29 is 4.21 Å². The Labute approximate surface area is 120 Å². The minimum atomic E-state index is -2.63. The predicted molar refractivity (Wildman–Crippen MR) is 84.6 cm³/mol. The summed E-state index contributed by atoms with van der Waals surface area (Å²) < 4.78 is 19.2. The number of hydrogen-bond donors (Lipinski definition) is 2. The molecule has 0 amide bonds. The lowest BCUT2D eigenvalue weighted by Crippen LogP contribution is -1.98. The molecule has 3 nitrogen and oxygen atoms in total. The highest BCUT2D eigenvalue weighted by Crippen LogP contribution is 2.21. The second-order valence-electron chi connectivity index (χ2n) is 5.30. The molecule has 20 heavy (non-hydrogen) atoms. The highest BCUT2D eigenvalue weighted by molar-refractivity contribution is 7.91. The zero-order chi connectivity index (χ0) is 14.9. The Balaban J connectivity index is 2.29. The van der Waals surface area contributed by atoms with Crippen LogP contribution in [0.4, 0.5) is 5.69 Å². The summed E-state index contributed by atoms with van der Waals surface area (Å²) in [6, 6.07) is 11.6. The third-order valence-electron chi connectivity index (χ3n) is 3.49. The van der Waals surface area contributed by atoms with E-state index in [0.717, 1.165) is 23.2 Å². The fourth-order valence-corrected chi connectivity index (χ4v) is 2.83. The molecular formula is C16H20N2OS. The van der Waals surface area contributed by atoms with Gasteiger partial charge in [-0.1, -0.05) is 18.2 Å². The largest absolute Gasteiger partial charge is 0.399 e. The fourth-order valence-electron chi connectivity index (χ4n) is 2.18. The molecular weight excluding hydrogens is 268 g/mol. The van der Waals surface area contributed by atoms with Crippen LogP contribution < -0.4 is 5.73 Å². The number of nitrogens with two attached hydrogens (primary N) is 1. The van der Waals surface area contributed by atoms with Gasteiger partial charge in [0.05, 0.1) is 9.73 Å². The number of hydrogen-bond acceptors (Lipinski definition) is 3. The average molecular weight is 288 g/mol. The van der Waals surface area contributed by atoms with Crippen LogP contribution in [0.15, 0.2) is 41.3 Å². The van der Waals surface area contributed by atoms with Gasteiger partial charge in [-0.05, 0) is 60.7 Å². The van der Waals surface area contributed by atoms with Crippen LogP contribution in [0.2, 0.25) is 0 Å². The maximum absolute atomic E-state index is 11.6. The molecule has 0 saturated carbocycles. The first-order valence-electron chi connectivity index (χ1n) is 6.46. The molecule has 4 heteroatoms. The van der Waals surface area contributed by atoms with Crippen molar-refractivity contribution in [1.82, 2.24) is 0 Å². The number of aryl methyl sites for hydroxylation is 2. The second-order valence-corrected chi connectivity index (χ2v) is 7.46. The number of benzene rings is 2. The van der Waals surface area contributed by atoms with Crippen LogP contribution in [0.5, 0.6) is 0 Å². The molecule has 1 unspecified atom stereocenters. The molecule has 0 heterocycles. The Bertz CT molecular complexity index is 732. The molecule has 0 aliphatic carbocycles. The third-order valence-corrected chi connectivity index (χ3v) is 4.66.